The van der Waals surface area contributed by atoms with Crippen LogP contribution in [0.25, 0.3) is 0 Å². The van der Waals surface area contributed by atoms with Gasteiger partial charge in [0.15, 0.2) is 0 Å². The van der Waals surface area contributed by atoms with Crippen LogP contribution in [0.2, 0.25) is 0 Å². The minimum absolute atomic E-state index is 0.252. The summed E-state index contributed by atoms with van der Waals surface area (Å²) in [7, 11) is 0. The van der Waals surface area contributed by atoms with Gasteiger partial charge in [0, 0.05) is 26.2 Å². The van der Waals surface area contributed by atoms with Gasteiger partial charge in [-0.2, -0.15) is 0 Å². The van der Waals surface area contributed by atoms with Gasteiger partial charge in [0.05, 0.1) is 19.3 Å². The maximum absolute atomic E-state index is 5.62. The average molecular weight is 234 g/mol. The second kappa shape index (κ2) is 8.35. The monoisotopic (exact) mass is 234 g/mol. The standard InChI is InChI=1S/C10H22N2O2S/c1-2-12-5-7-14-10(8-12)9-13-6-3-4-11-15/h10-11,15H,2-9H2,1H3/t10-/m1/s1. The third-order valence-electron chi connectivity index (χ3n) is 2.55. The summed E-state index contributed by atoms with van der Waals surface area (Å²) < 4.78 is 14.0. The van der Waals surface area contributed by atoms with Crippen LogP contribution in [-0.2, 0) is 9.47 Å². The molecule has 90 valence electrons. The Morgan fingerprint density at radius 1 is 1.60 bits per heavy atom. The van der Waals surface area contributed by atoms with Gasteiger partial charge in [-0.1, -0.05) is 19.7 Å². The number of rotatable bonds is 7. The van der Waals surface area contributed by atoms with Gasteiger partial charge < -0.3 is 9.47 Å². The van der Waals surface area contributed by atoms with E-state index in [9.17, 15) is 0 Å². The molecule has 0 aromatic rings. The lowest BCUT2D eigenvalue weighted by Crippen LogP contribution is -2.44. The van der Waals surface area contributed by atoms with Crippen LogP contribution in [0.15, 0.2) is 0 Å². The molecule has 15 heavy (non-hydrogen) atoms. The molecule has 1 saturated heterocycles. The number of nitrogens with zero attached hydrogens (tertiary/aromatic N) is 1. The largest absolute Gasteiger partial charge is 0.379 e. The van der Waals surface area contributed by atoms with Crippen LogP contribution in [0.1, 0.15) is 13.3 Å². The van der Waals surface area contributed by atoms with E-state index in [1.165, 1.54) is 0 Å². The van der Waals surface area contributed by atoms with Crippen molar-refractivity contribution in [3.63, 3.8) is 0 Å². The number of hydrogen-bond donors (Lipinski definition) is 2. The quantitative estimate of drug-likeness (QED) is 0.498. The third kappa shape index (κ3) is 5.73. The van der Waals surface area contributed by atoms with Crippen molar-refractivity contribution in [3.05, 3.63) is 0 Å². The molecule has 1 N–H and O–H groups in total. The van der Waals surface area contributed by atoms with Crippen LogP contribution in [0, 0.1) is 0 Å². The van der Waals surface area contributed by atoms with Crippen molar-refractivity contribution in [1.82, 2.24) is 9.62 Å². The molecule has 0 unspecified atom stereocenters. The minimum Gasteiger partial charge on any atom is -0.379 e. The van der Waals surface area contributed by atoms with Crippen LogP contribution >= 0.6 is 12.8 Å². The molecule has 4 nitrogen and oxygen atoms in total. The number of likely N-dealkylation sites (N-methyl/N-ethyl adjacent to an activating group) is 1. The van der Waals surface area contributed by atoms with Gasteiger partial charge in [0.2, 0.25) is 0 Å². The molecule has 0 aromatic carbocycles. The molecule has 0 aliphatic carbocycles. The van der Waals surface area contributed by atoms with Gasteiger partial charge in [-0.15, -0.1) is 0 Å². The molecule has 1 rings (SSSR count). The molecule has 0 saturated carbocycles. The molecule has 1 aliphatic rings. The van der Waals surface area contributed by atoms with Gasteiger partial charge >= 0.3 is 0 Å². The van der Waals surface area contributed by atoms with Crippen molar-refractivity contribution in [2.45, 2.75) is 19.4 Å². The van der Waals surface area contributed by atoms with E-state index in [2.05, 4.69) is 29.4 Å². The van der Waals surface area contributed by atoms with E-state index in [0.29, 0.717) is 6.61 Å². The summed E-state index contributed by atoms with van der Waals surface area (Å²) in [6.45, 7) is 8.54. The van der Waals surface area contributed by atoms with Gasteiger partial charge in [-0.3, -0.25) is 9.62 Å². The SMILES string of the molecule is CCN1CCO[C@@H](COCCCNS)C1. The van der Waals surface area contributed by atoms with Crippen LogP contribution in [-0.4, -0.2) is 57.0 Å². The van der Waals surface area contributed by atoms with Crippen molar-refractivity contribution in [2.24, 2.45) is 0 Å². The Hall–Kier alpha value is 0.190. The minimum atomic E-state index is 0.252. The van der Waals surface area contributed by atoms with Crippen LogP contribution in [0.5, 0.6) is 0 Å². The Balaban J connectivity index is 2.00. The normalized spacial score (nSPS) is 23.2. The number of hydrogen-bond acceptors (Lipinski definition) is 5. The fraction of sp³-hybridized carbons (Fsp3) is 1.00. The Bertz CT molecular complexity index is 160. The molecule has 0 amide bonds. The highest BCUT2D eigenvalue weighted by atomic mass is 32.1. The smallest absolute Gasteiger partial charge is 0.0935 e. The van der Waals surface area contributed by atoms with E-state index < -0.39 is 0 Å². The molecule has 0 spiro atoms. The zero-order valence-electron chi connectivity index (χ0n) is 9.45. The average Bonchev–Trinajstić information content (AvgIpc) is 2.29. The first kappa shape index (κ1) is 13.3. The summed E-state index contributed by atoms with van der Waals surface area (Å²) in [5.41, 5.74) is 0. The Kier molecular flexibility index (Phi) is 7.38. The van der Waals surface area contributed by atoms with Crippen molar-refractivity contribution in [1.29, 1.82) is 0 Å². The molecular weight excluding hydrogens is 212 g/mol. The van der Waals surface area contributed by atoms with Gasteiger partial charge in [-0.05, 0) is 13.0 Å². The molecule has 1 atom stereocenters. The second-order valence-corrected chi connectivity index (χ2v) is 4.04. The van der Waals surface area contributed by atoms with Gasteiger partial charge in [-0.25, -0.2) is 0 Å². The third-order valence-corrected chi connectivity index (χ3v) is 2.77. The highest BCUT2D eigenvalue weighted by molar-refractivity contribution is 7.78. The van der Waals surface area contributed by atoms with E-state index in [4.69, 9.17) is 9.47 Å². The highest BCUT2D eigenvalue weighted by Gasteiger charge is 2.18. The summed E-state index contributed by atoms with van der Waals surface area (Å²) in [4.78, 5) is 2.40. The summed E-state index contributed by atoms with van der Waals surface area (Å²) in [5.74, 6) is 0. The van der Waals surface area contributed by atoms with Crippen molar-refractivity contribution >= 4 is 12.8 Å². The zero-order chi connectivity index (χ0) is 10.9. The van der Waals surface area contributed by atoms with Crippen LogP contribution in [0.3, 0.4) is 0 Å². The zero-order valence-corrected chi connectivity index (χ0v) is 10.3. The molecule has 0 aromatic heterocycles. The lowest BCUT2D eigenvalue weighted by atomic mass is 10.3. The predicted molar refractivity (Wildman–Crippen MR) is 64.3 cm³/mol. The predicted octanol–water partition coefficient (Wildman–Crippen LogP) is 0.548. The number of nitrogens with one attached hydrogen (secondary N) is 1. The van der Waals surface area contributed by atoms with Gasteiger partial charge in [0.1, 0.15) is 0 Å². The fourth-order valence-corrected chi connectivity index (χ4v) is 1.79. The topological polar surface area (TPSA) is 33.7 Å². The molecular formula is C10H22N2O2S. The molecule has 0 radical (unpaired) electrons. The van der Waals surface area contributed by atoms with Crippen molar-refractivity contribution in [2.75, 3.05) is 46.0 Å². The maximum atomic E-state index is 5.62. The van der Waals surface area contributed by atoms with Crippen molar-refractivity contribution < 1.29 is 9.47 Å². The Morgan fingerprint density at radius 2 is 2.47 bits per heavy atom. The van der Waals surface area contributed by atoms with E-state index in [1.54, 1.807) is 0 Å². The van der Waals surface area contributed by atoms with Gasteiger partial charge in [0.25, 0.3) is 0 Å². The molecule has 1 fully saturated rings. The fourth-order valence-electron chi connectivity index (χ4n) is 1.64. The first-order valence-corrected chi connectivity index (χ1v) is 6.10. The maximum Gasteiger partial charge on any atom is 0.0935 e. The number of morpholine rings is 1. The second-order valence-electron chi connectivity index (χ2n) is 3.72. The first-order valence-electron chi connectivity index (χ1n) is 5.65. The summed E-state index contributed by atoms with van der Waals surface area (Å²) >= 11 is 3.91. The molecule has 0 bridgehead atoms. The number of thiol groups is 1. The lowest BCUT2D eigenvalue weighted by molar-refractivity contribution is -0.0679. The summed E-state index contributed by atoms with van der Waals surface area (Å²) in [5, 5.41) is 0. The highest BCUT2D eigenvalue weighted by Crippen LogP contribution is 2.05. The van der Waals surface area contributed by atoms with E-state index in [0.717, 1.165) is 45.8 Å². The number of ether oxygens (including phenoxy) is 2. The molecule has 1 aliphatic heterocycles. The molecule has 1 heterocycles. The van der Waals surface area contributed by atoms with Crippen LogP contribution in [0.4, 0.5) is 0 Å². The lowest BCUT2D eigenvalue weighted by Gasteiger charge is -2.31. The summed E-state index contributed by atoms with van der Waals surface area (Å²) in [6, 6.07) is 0. The Labute approximate surface area is 97.8 Å². The first-order chi connectivity index (χ1) is 7.36. The van der Waals surface area contributed by atoms with E-state index in [-0.39, 0.29) is 6.10 Å². The van der Waals surface area contributed by atoms with Crippen molar-refractivity contribution in [3.8, 4) is 0 Å². The summed E-state index contributed by atoms with van der Waals surface area (Å²) in [6.07, 6.45) is 1.25. The van der Waals surface area contributed by atoms with E-state index >= 15 is 0 Å². The van der Waals surface area contributed by atoms with E-state index in [1.807, 2.05) is 0 Å². The Morgan fingerprint density at radius 3 is 3.20 bits per heavy atom. The molecule has 5 heteroatoms. The van der Waals surface area contributed by atoms with Crippen LogP contribution < -0.4 is 4.72 Å².